The first-order valence-electron chi connectivity index (χ1n) is 8.29. The van der Waals surface area contributed by atoms with E-state index in [9.17, 15) is 4.79 Å². The standard InChI is InChI=1S/C22H21O2Si/c1-24-22-19(10-7-11-20(22)25(2)3)21(23)18-14-12-17(13-15-18)16-8-5-4-6-9-16/h4-15H,1-3H3. The highest BCUT2D eigenvalue weighted by molar-refractivity contribution is 6.71. The third-order valence-corrected chi connectivity index (χ3v) is 5.73. The first-order chi connectivity index (χ1) is 12.1. The van der Waals surface area contributed by atoms with Gasteiger partial charge in [0.05, 0.1) is 21.5 Å². The number of ether oxygens (including phenoxy) is 1. The van der Waals surface area contributed by atoms with Crippen LogP contribution in [0.2, 0.25) is 13.1 Å². The summed E-state index contributed by atoms with van der Waals surface area (Å²) in [5.74, 6) is 0.722. The van der Waals surface area contributed by atoms with Crippen LogP contribution in [0.25, 0.3) is 11.1 Å². The monoisotopic (exact) mass is 345 g/mol. The molecule has 3 heteroatoms. The van der Waals surface area contributed by atoms with E-state index in [2.05, 4.69) is 31.3 Å². The summed E-state index contributed by atoms with van der Waals surface area (Å²) in [6, 6.07) is 23.8. The van der Waals surface area contributed by atoms with Crippen LogP contribution in [-0.4, -0.2) is 21.7 Å². The van der Waals surface area contributed by atoms with Crippen LogP contribution in [0.3, 0.4) is 0 Å². The van der Waals surface area contributed by atoms with Crippen molar-refractivity contribution in [3.8, 4) is 16.9 Å². The van der Waals surface area contributed by atoms with E-state index in [1.807, 2.05) is 54.6 Å². The quantitative estimate of drug-likeness (QED) is 0.501. The van der Waals surface area contributed by atoms with Gasteiger partial charge in [-0.05, 0) is 22.4 Å². The minimum atomic E-state index is -0.710. The molecule has 0 unspecified atom stereocenters. The highest BCUT2D eigenvalue weighted by Gasteiger charge is 2.19. The summed E-state index contributed by atoms with van der Waals surface area (Å²) >= 11 is 0. The number of carbonyl (C=O) groups is 1. The largest absolute Gasteiger partial charge is 0.496 e. The second-order valence-electron chi connectivity index (χ2n) is 6.16. The van der Waals surface area contributed by atoms with E-state index in [4.69, 9.17) is 4.74 Å². The molecule has 0 bridgehead atoms. The van der Waals surface area contributed by atoms with Gasteiger partial charge >= 0.3 is 0 Å². The molecular formula is C22H21O2Si. The third-order valence-electron chi connectivity index (χ3n) is 4.26. The lowest BCUT2D eigenvalue weighted by atomic mass is 9.99. The van der Waals surface area contributed by atoms with Gasteiger partial charge in [-0.3, -0.25) is 4.79 Å². The summed E-state index contributed by atoms with van der Waals surface area (Å²) in [6.07, 6.45) is 0. The Morgan fingerprint density at radius 3 is 2.04 bits per heavy atom. The molecule has 0 saturated heterocycles. The summed E-state index contributed by atoms with van der Waals surface area (Å²) in [6.45, 7) is 4.40. The van der Waals surface area contributed by atoms with E-state index < -0.39 is 8.80 Å². The van der Waals surface area contributed by atoms with Gasteiger partial charge in [0.15, 0.2) is 5.78 Å². The number of para-hydroxylation sites is 1. The molecule has 0 atom stereocenters. The van der Waals surface area contributed by atoms with Gasteiger partial charge in [0, 0.05) is 5.56 Å². The van der Waals surface area contributed by atoms with Gasteiger partial charge in [-0.2, -0.15) is 0 Å². The molecule has 25 heavy (non-hydrogen) atoms. The molecule has 0 N–H and O–H groups in total. The van der Waals surface area contributed by atoms with Crippen molar-refractivity contribution in [2.45, 2.75) is 13.1 Å². The fourth-order valence-corrected chi connectivity index (χ4v) is 4.05. The minimum Gasteiger partial charge on any atom is -0.496 e. The van der Waals surface area contributed by atoms with Gasteiger partial charge in [0.2, 0.25) is 0 Å². The minimum absolute atomic E-state index is 0.00145. The predicted molar refractivity (Wildman–Crippen MR) is 105 cm³/mol. The van der Waals surface area contributed by atoms with Crippen molar-refractivity contribution < 1.29 is 9.53 Å². The van der Waals surface area contributed by atoms with Crippen LogP contribution >= 0.6 is 0 Å². The van der Waals surface area contributed by atoms with Crippen molar-refractivity contribution >= 4 is 19.8 Å². The van der Waals surface area contributed by atoms with E-state index in [1.54, 1.807) is 7.11 Å². The Morgan fingerprint density at radius 1 is 0.800 bits per heavy atom. The lowest BCUT2D eigenvalue weighted by molar-refractivity contribution is 0.103. The Kier molecular flexibility index (Phi) is 5.15. The van der Waals surface area contributed by atoms with Crippen LogP contribution < -0.4 is 9.92 Å². The molecule has 3 aromatic carbocycles. The smallest absolute Gasteiger partial charge is 0.196 e. The molecule has 3 aromatic rings. The average molecular weight is 345 g/mol. The second-order valence-corrected chi connectivity index (χ2v) is 8.70. The maximum Gasteiger partial charge on any atom is 0.196 e. The summed E-state index contributed by atoms with van der Waals surface area (Å²) < 4.78 is 5.58. The maximum atomic E-state index is 13.0. The van der Waals surface area contributed by atoms with Gasteiger partial charge in [-0.15, -0.1) is 0 Å². The maximum absolute atomic E-state index is 13.0. The first-order valence-corrected chi connectivity index (χ1v) is 10.8. The topological polar surface area (TPSA) is 26.3 Å². The van der Waals surface area contributed by atoms with Crippen LogP contribution in [0.4, 0.5) is 0 Å². The Hall–Kier alpha value is -2.65. The second kappa shape index (κ2) is 7.49. The van der Waals surface area contributed by atoms with Crippen molar-refractivity contribution in [2.75, 3.05) is 7.11 Å². The number of carbonyl (C=O) groups excluding carboxylic acids is 1. The summed E-state index contributed by atoms with van der Waals surface area (Å²) in [5.41, 5.74) is 3.56. The summed E-state index contributed by atoms with van der Waals surface area (Å²) in [7, 11) is 0.928. The van der Waals surface area contributed by atoms with Gasteiger partial charge in [-0.25, -0.2) is 0 Å². The first kappa shape index (κ1) is 17.2. The number of rotatable bonds is 5. The number of methoxy groups -OCH3 is 1. The van der Waals surface area contributed by atoms with Crippen molar-refractivity contribution in [1.29, 1.82) is 0 Å². The van der Waals surface area contributed by atoms with E-state index in [1.165, 1.54) is 0 Å². The molecule has 0 fully saturated rings. The van der Waals surface area contributed by atoms with E-state index in [0.717, 1.165) is 22.1 Å². The molecular weight excluding hydrogens is 324 g/mol. The van der Waals surface area contributed by atoms with Crippen molar-refractivity contribution in [2.24, 2.45) is 0 Å². The predicted octanol–water partition coefficient (Wildman–Crippen LogP) is 4.55. The molecule has 2 nitrogen and oxygen atoms in total. The molecule has 0 aliphatic heterocycles. The molecule has 0 saturated carbocycles. The Bertz CT molecular complexity index is 868. The molecule has 0 spiro atoms. The molecule has 3 rings (SSSR count). The van der Waals surface area contributed by atoms with Crippen LogP contribution in [0, 0.1) is 0 Å². The molecule has 0 aliphatic rings. The van der Waals surface area contributed by atoms with Gasteiger partial charge in [0.25, 0.3) is 0 Å². The Morgan fingerprint density at radius 2 is 1.44 bits per heavy atom. The van der Waals surface area contributed by atoms with Crippen molar-refractivity contribution in [3.05, 3.63) is 83.9 Å². The average Bonchev–Trinajstić information content (AvgIpc) is 2.67. The molecule has 1 radical (unpaired) electrons. The van der Waals surface area contributed by atoms with Crippen molar-refractivity contribution in [1.82, 2.24) is 0 Å². The molecule has 0 heterocycles. The SMILES string of the molecule is COc1c(C(=O)c2ccc(-c3ccccc3)cc2)cccc1[Si](C)C. The van der Waals surface area contributed by atoms with E-state index in [-0.39, 0.29) is 5.78 Å². The number of ketones is 1. The molecule has 0 aromatic heterocycles. The van der Waals surface area contributed by atoms with Crippen LogP contribution in [-0.2, 0) is 0 Å². The number of benzene rings is 3. The zero-order valence-corrected chi connectivity index (χ0v) is 15.7. The lowest BCUT2D eigenvalue weighted by Gasteiger charge is -2.14. The van der Waals surface area contributed by atoms with Crippen molar-refractivity contribution in [3.63, 3.8) is 0 Å². The zero-order valence-electron chi connectivity index (χ0n) is 14.7. The fourth-order valence-electron chi connectivity index (χ4n) is 2.93. The van der Waals surface area contributed by atoms with Gasteiger partial charge < -0.3 is 4.74 Å². The van der Waals surface area contributed by atoms with Crippen LogP contribution in [0.5, 0.6) is 5.75 Å². The molecule has 125 valence electrons. The number of hydrogen-bond donors (Lipinski definition) is 0. The lowest BCUT2D eigenvalue weighted by Crippen LogP contribution is -2.26. The fraction of sp³-hybridized carbons (Fsp3) is 0.136. The Balaban J connectivity index is 1.95. The third kappa shape index (κ3) is 3.56. The molecule has 0 amide bonds. The van der Waals surface area contributed by atoms with Gasteiger partial charge in [0.1, 0.15) is 5.75 Å². The number of hydrogen-bond acceptors (Lipinski definition) is 2. The Labute approximate surface area is 150 Å². The summed E-state index contributed by atoms with van der Waals surface area (Å²) in [4.78, 5) is 13.0. The van der Waals surface area contributed by atoms with E-state index in [0.29, 0.717) is 11.1 Å². The zero-order chi connectivity index (χ0) is 17.8. The highest BCUT2D eigenvalue weighted by atomic mass is 28.3. The van der Waals surface area contributed by atoms with Crippen LogP contribution in [0.15, 0.2) is 72.8 Å². The summed E-state index contributed by atoms with van der Waals surface area (Å²) in [5, 5.41) is 1.15. The van der Waals surface area contributed by atoms with Gasteiger partial charge in [-0.1, -0.05) is 79.8 Å². The van der Waals surface area contributed by atoms with Crippen LogP contribution in [0.1, 0.15) is 15.9 Å². The molecule has 0 aliphatic carbocycles. The highest BCUT2D eigenvalue weighted by Crippen LogP contribution is 2.23. The van der Waals surface area contributed by atoms with E-state index >= 15 is 0 Å². The normalized spacial score (nSPS) is 10.7.